The van der Waals surface area contributed by atoms with Gasteiger partial charge in [-0.15, -0.1) is 0 Å². The van der Waals surface area contributed by atoms with Crippen LogP contribution in [0, 0.1) is 0 Å². The summed E-state index contributed by atoms with van der Waals surface area (Å²) >= 11 is 0. The van der Waals surface area contributed by atoms with Crippen LogP contribution in [0.2, 0.25) is 0 Å². The maximum atomic E-state index is 12.2. The zero-order valence-electron chi connectivity index (χ0n) is 15.9. The molecule has 3 rings (SSSR count). The standard InChI is InChI=1S/C21H23N3O3/c1-21(2,3)27-20(26)24(4)15-11-9-14(10-12-15)13-18-16-7-5-6-8-17(16)19(25)23-22-18/h5-12H,13H2,1-4H3,(H,23,25). The smallest absolute Gasteiger partial charge is 0.414 e. The predicted octanol–water partition coefficient (Wildman–Crippen LogP) is 3.89. The van der Waals surface area contributed by atoms with Crippen molar-refractivity contribution in [2.24, 2.45) is 0 Å². The van der Waals surface area contributed by atoms with E-state index < -0.39 is 11.7 Å². The van der Waals surface area contributed by atoms with E-state index in [0.717, 1.165) is 22.3 Å². The second-order valence-electron chi connectivity index (χ2n) is 7.43. The Morgan fingerprint density at radius 1 is 1.07 bits per heavy atom. The third-order valence-corrected chi connectivity index (χ3v) is 4.14. The van der Waals surface area contributed by atoms with E-state index in [0.29, 0.717) is 11.8 Å². The Morgan fingerprint density at radius 2 is 1.70 bits per heavy atom. The number of aromatic amines is 1. The fourth-order valence-electron chi connectivity index (χ4n) is 2.77. The molecular formula is C21H23N3O3. The van der Waals surface area contributed by atoms with Crippen LogP contribution in [0.4, 0.5) is 10.5 Å². The molecule has 1 amide bonds. The number of aromatic nitrogens is 2. The molecule has 0 aliphatic rings. The molecule has 6 heteroatoms. The summed E-state index contributed by atoms with van der Waals surface area (Å²) in [6.07, 6.45) is 0.178. The van der Waals surface area contributed by atoms with Gasteiger partial charge in [-0.3, -0.25) is 9.69 Å². The zero-order chi connectivity index (χ0) is 19.6. The Balaban J connectivity index is 1.80. The van der Waals surface area contributed by atoms with E-state index in [2.05, 4.69) is 10.2 Å². The van der Waals surface area contributed by atoms with Gasteiger partial charge in [0.1, 0.15) is 5.60 Å². The first-order chi connectivity index (χ1) is 12.7. The summed E-state index contributed by atoms with van der Waals surface area (Å²) in [5, 5.41) is 8.23. The lowest BCUT2D eigenvalue weighted by Crippen LogP contribution is -2.34. The molecular weight excluding hydrogens is 342 g/mol. The Kier molecular flexibility index (Phi) is 4.99. The zero-order valence-corrected chi connectivity index (χ0v) is 15.9. The molecule has 0 aliphatic carbocycles. The van der Waals surface area contributed by atoms with Crippen LogP contribution in [-0.4, -0.2) is 28.9 Å². The molecule has 0 unspecified atom stereocenters. The normalized spacial score (nSPS) is 11.4. The number of rotatable bonds is 3. The number of anilines is 1. The van der Waals surface area contributed by atoms with Gasteiger partial charge in [0.25, 0.3) is 5.56 Å². The number of hydrogen-bond acceptors (Lipinski definition) is 4. The van der Waals surface area contributed by atoms with Crippen LogP contribution < -0.4 is 10.5 Å². The SMILES string of the molecule is CN(C(=O)OC(C)(C)C)c1ccc(Cc2n[nH]c(=O)c3ccccc23)cc1. The summed E-state index contributed by atoms with van der Waals surface area (Å²) in [4.78, 5) is 25.5. The van der Waals surface area contributed by atoms with Crippen molar-refractivity contribution in [3.05, 3.63) is 70.1 Å². The molecule has 27 heavy (non-hydrogen) atoms. The second-order valence-corrected chi connectivity index (χ2v) is 7.43. The number of carbonyl (C=O) groups excluding carboxylic acids is 1. The van der Waals surface area contributed by atoms with Gasteiger partial charge in [-0.05, 0) is 44.5 Å². The molecule has 6 nitrogen and oxygen atoms in total. The van der Waals surface area contributed by atoms with Crippen molar-refractivity contribution in [3.8, 4) is 0 Å². The molecule has 140 valence electrons. The first-order valence-electron chi connectivity index (χ1n) is 8.76. The van der Waals surface area contributed by atoms with Gasteiger partial charge in [-0.2, -0.15) is 5.10 Å². The van der Waals surface area contributed by atoms with Gasteiger partial charge in [0.15, 0.2) is 0 Å². The number of carbonyl (C=O) groups is 1. The van der Waals surface area contributed by atoms with Gasteiger partial charge in [-0.1, -0.05) is 30.3 Å². The van der Waals surface area contributed by atoms with Crippen LogP contribution in [0.25, 0.3) is 10.8 Å². The first kappa shape index (κ1) is 18.6. The highest BCUT2D eigenvalue weighted by Crippen LogP contribution is 2.20. The molecule has 0 radical (unpaired) electrons. The number of benzene rings is 2. The van der Waals surface area contributed by atoms with Crippen LogP contribution in [0.3, 0.4) is 0 Å². The Morgan fingerprint density at radius 3 is 2.33 bits per heavy atom. The number of nitrogens with zero attached hydrogens (tertiary/aromatic N) is 2. The molecule has 0 bridgehead atoms. The number of amides is 1. The fourth-order valence-corrected chi connectivity index (χ4v) is 2.77. The molecule has 0 saturated heterocycles. The van der Waals surface area contributed by atoms with E-state index in [9.17, 15) is 9.59 Å². The number of H-pyrrole nitrogens is 1. The van der Waals surface area contributed by atoms with Crippen molar-refractivity contribution >= 4 is 22.6 Å². The van der Waals surface area contributed by atoms with E-state index in [1.165, 1.54) is 4.90 Å². The van der Waals surface area contributed by atoms with Crippen molar-refractivity contribution in [3.63, 3.8) is 0 Å². The molecule has 1 aromatic heterocycles. The van der Waals surface area contributed by atoms with E-state index in [1.807, 2.05) is 63.2 Å². The van der Waals surface area contributed by atoms with Gasteiger partial charge in [0.2, 0.25) is 0 Å². The molecule has 0 atom stereocenters. The summed E-state index contributed by atoms with van der Waals surface area (Å²) in [6, 6.07) is 15.0. The summed E-state index contributed by atoms with van der Waals surface area (Å²) in [7, 11) is 1.68. The van der Waals surface area contributed by atoms with E-state index in [-0.39, 0.29) is 5.56 Å². The van der Waals surface area contributed by atoms with Crippen molar-refractivity contribution < 1.29 is 9.53 Å². The van der Waals surface area contributed by atoms with Gasteiger partial charge >= 0.3 is 6.09 Å². The average Bonchev–Trinajstić information content (AvgIpc) is 2.63. The molecule has 1 heterocycles. The van der Waals surface area contributed by atoms with Crippen LogP contribution in [0.1, 0.15) is 32.0 Å². The molecule has 0 fully saturated rings. The monoisotopic (exact) mass is 365 g/mol. The second kappa shape index (κ2) is 7.23. The van der Waals surface area contributed by atoms with E-state index in [1.54, 1.807) is 13.1 Å². The first-order valence-corrected chi connectivity index (χ1v) is 8.76. The van der Waals surface area contributed by atoms with Crippen molar-refractivity contribution in [2.45, 2.75) is 32.8 Å². The lowest BCUT2D eigenvalue weighted by Gasteiger charge is -2.24. The van der Waals surface area contributed by atoms with Crippen molar-refractivity contribution in [2.75, 3.05) is 11.9 Å². The summed E-state index contributed by atoms with van der Waals surface area (Å²) in [6.45, 7) is 5.51. The highest BCUT2D eigenvalue weighted by Gasteiger charge is 2.20. The number of nitrogens with one attached hydrogen (secondary N) is 1. The molecule has 2 aromatic carbocycles. The molecule has 3 aromatic rings. The average molecular weight is 365 g/mol. The fraction of sp³-hybridized carbons (Fsp3) is 0.286. The maximum absolute atomic E-state index is 12.2. The van der Waals surface area contributed by atoms with Crippen LogP contribution in [0.5, 0.6) is 0 Å². The summed E-state index contributed by atoms with van der Waals surface area (Å²) in [5.74, 6) is 0. The Bertz CT molecular complexity index is 1020. The van der Waals surface area contributed by atoms with Crippen molar-refractivity contribution in [1.29, 1.82) is 0 Å². The van der Waals surface area contributed by atoms with Crippen LogP contribution >= 0.6 is 0 Å². The predicted molar refractivity (Wildman–Crippen MR) is 106 cm³/mol. The number of ether oxygens (including phenoxy) is 1. The van der Waals surface area contributed by atoms with Crippen molar-refractivity contribution in [1.82, 2.24) is 10.2 Å². The highest BCUT2D eigenvalue weighted by molar-refractivity contribution is 5.87. The van der Waals surface area contributed by atoms with Gasteiger partial charge in [0, 0.05) is 24.5 Å². The van der Waals surface area contributed by atoms with Crippen LogP contribution in [-0.2, 0) is 11.2 Å². The molecule has 0 saturated carbocycles. The molecule has 1 N–H and O–H groups in total. The number of fused-ring (bicyclic) bond motifs is 1. The third kappa shape index (κ3) is 4.34. The molecule has 0 aliphatic heterocycles. The lowest BCUT2D eigenvalue weighted by molar-refractivity contribution is 0.0589. The minimum Gasteiger partial charge on any atom is -0.443 e. The minimum atomic E-state index is -0.539. The Labute approximate surface area is 157 Å². The van der Waals surface area contributed by atoms with Gasteiger partial charge in [-0.25, -0.2) is 9.89 Å². The Hall–Kier alpha value is -3.15. The summed E-state index contributed by atoms with van der Waals surface area (Å²) < 4.78 is 5.38. The lowest BCUT2D eigenvalue weighted by atomic mass is 10.0. The molecule has 0 spiro atoms. The van der Waals surface area contributed by atoms with Crippen LogP contribution in [0.15, 0.2) is 53.3 Å². The largest absolute Gasteiger partial charge is 0.443 e. The minimum absolute atomic E-state index is 0.191. The maximum Gasteiger partial charge on any atom is 0.414 e. The van der Waals surface area contributed by atoms with E-state index in [4.69, 9.17) is 4.74 Å². The van der Waals surface area contributed by atoms with Gasteiger partial charge in [0.05, 0.1) is 11.1 Å². The number of hydrogen-bond donors (Lipinski definition) is 1. The quantitative estimate of drug-likeness (QED) is 0.764. The van der Waals surface area contributed by atoms with Gasteiger partial charge < -0.3 is 4.74 Å². The topological polar surface area (TPSA) is 75.3 Å². The summed E-state index contributed by atoms with van der Waals surface area (Å²) in [5.41, 5.74) is 1.85. The third-order valence-electron chi connectivity index (χ3n) is 4.14. The highest BCUT2D eigenvalue weighted by atomic mass is 16.6. The van der Waals surface area contributed by atoms with E-state index >= 15 is 0 Å².